The summed E-state index contributed by atoms with van der Waals surface area (Å²) in [6.45, 7) is 2.14. The molecule has 2 amide bonds. The highest BCUT2D eigenvalue weighted by molar-refractivity contribution is 5.83. The molecule has 0 saturated carbocycles. The number of aromatic nitrogens is 4. The maximum absolute atomic E-state index is 14.0. The van der Waals surface area contributed by atoms with Crippen molar-refractivity contribution in [2.75, 3.05) is 38.6 Å². The molecule has 29 heavy (non-hydrogen) atoms. The number of urea groups is 1. The lowest BCUT2D eigenvalue weighted by molar-refractivity contribution is 0.159. The number of halogens is 1. The van der Waals surface area contributed by atoms with E-state index in [0.717, 1.165) is 30.0 Å². The summed E-state index contributed by atoms with van der Waals surface area (Å²) in [5, 5.41) is 0. The van der Waals surface area contributed by atoms with E-state index >= 15 is 0 Å². The topological polar surface area (TPSA) is 81.2 Å². The molecule has 1 N–H and O–H groups in total. The van der Waals surface area contributed by atoms with E-state index in [2.05, 4.69) is 24.8 Å². The maximum atomic E-state index is 14.0. The number of H-pyrrole nitrogens is 1. The molecule has 2 aromatic heterocycles. The van der Waals surface area contributed by atoms with Gasteiger partial charge in [-0.2, -0.15) is 0 Å². The second kappa shape index (κ2) is 6.68. The van der Waals surface area contributed by atoms with Gasteiger partial charge in [0.25, 0.3) is 0 Å². The number of amides is 2. The molecule has 2 saturated heterocycles. The van der Waals surface area contributed by atoms with Crippen molar-refractivity contribution >= 4 is 23.0 Å². The quantitative estimate of drug-likeness (QED) is 0.720. The van der Waals surface area contributed by atoms with E-state index in [9.17, 15) is 9.18 Å². The zero-order valence-electron chi connectivity index (χ0n) is 16.3. The molecular formula is C20H22FN7O. The number of hydrogen-bond acceptors (Lipinski definition) is 5. The Morgan fingerprint density at radius 1 is 1.21 bits per heavy atom. The summed E-state index contributed by atoms with van der Waals surface area (Å²) in [5.41, 5.74) is 2.29. The molecule has 150 valence electrons. The average Bonchev–Trinajstić information content (AvgIpc) is 3.40. The molecule has 2 fully saturated rings. The molecule has 1 aromatic carbocycles. The summed E-state index contributed by atoms with van der Waals surface area (Å²) in [7, 11) is 3.50. The summed E-state index contributed by atoms with van der Waals surface area (Å²) < 4.78 is 14.0. The van der Waals surface area contributed by atoms with E-state index in [1.54, 1.807) is 37.5 Å². The maximum Gasteiger partial charge on any atom is 0.320 e. The molecule has 0 radical (unpaired) electrons. The first-order valence-electron chi connectivity index (χ1n) is 9.65. The molecule has 0 aliphatic carbocycles. The van der Waals surface area contributed by atoms with E-state index < -0.39 is 0 Å². The minimum atomic E-state index is -0.284. The van der Waals surface area contributed by atoms with Gasteiger partial charge in [-0.05, 0) is 17.7 Å². The Labute approximate surface area is 167 Å². The Morgan fingerprint density at radius 2 is 2.07 bits per heavy atom. The number of hydrogen-bond donors (Lipinski definition) is 1. The molecule has 0 unspecified atom stereocenters. The SMILES string of the molecule is CN(C)C(=O)N1C[C@H]2CN(c3ncnc4nc[nH]c34)C[C@H]2[C@H]1c1cccc(F)c1. The predicted molar refractivity (Wildman–Crippen MR) is 106 cm³/mol. The zero-order valence-corrected chi connectivity index (χ0v) is 16.3. The highest BCUT2D eigenvalue weighted by Gasteiger charge is 2.50. The standard InChI is InChI=1S/C20H22FN7O/c1-26(2)20(29)28-8-13-7-27(19-16-18(23-10-22-16)24-11-25-19)9-15(13)17(28)12-4-3-5-14(21)6-12/h3-6,10-11,13,15,17H,7-9H2,1-2H3,(H,22,23,24,25)/t13-,15-,17-/m1/s1. The number of nitrogens with one attached hydrogen (secondary N) is 1. The summed E-state index contributed by atoms with van der Waals surface area (Å²) >= 11 is 0. The lowest BCUT2D eigenvalue weighted by atomic mass is 9.89. The van der Waals surface area contributed by atoms with Crippen LogP contribution in [0.25, 0.3) is 11.2 Å². The Bertz CT molecular complexity index is 1070. The van der Waals surface area contributed by atoms with Gasteiger partial charge in [-0.25, -0.2) is 24.1 Å². The molecule has 0 spiro atoms. The number of anilines is 1. The van der Waals surface area contributed by atoms with E-state index in [1.165, 1.54) is 12.4 Å². The second-order valence-corrected chi connectivity index (χ2v) is 7.96. The summed E-state index contributed by atoms with van der Waals surface area (Å²) in [5.74, 6) is 1.01. The van der Waals surface area contributed by atoms with Crippen molar-refractivity contribution in [3.8, 4) is 0 Å². The molecule has 3 atom stereocenters. The predicted octanol–water partition coefficient (Wildman–Crippen LogP) is 2.28. The second-order valence-electron chi connectivity index (χ2n) is 7.96. The van der Waals surface area contributed by atoms with Crippen LogP contribution in [0.4, 0.5) is 15.0 Å². The lowest BCUT2D eigenvalue weighted by Gasteiger charge is -2.32. The number of fused-ring (bicyclic) bond motifs is 2. The Hall–Kier alpha value is -3.23. The minimum absolute atomic E-state index is 0.0433. The van der Waals surface area contributed by atoms with Gasteiger partial charge in [0, 0.05) is 45.6 Å². The first kappa shape index (κ1) is 17.8. The van der Waals surface area contributed by atoms with Crippen molar-refractivity contribution < 1.29 is 9.18 Å². The molecule has 4 heterocycles. The molecule has 3 aromatic rings. The van der Waals surface area contributed by atoms with Crippen LogP contribution < -0.4 is 4.90 Å². The van der Waals surface area contributed by atoms with Gasteiger partial charge in [-0.1, -0.05) is 12.1 Å². The number of carbonyl (C=O) groups excluding carboxylic acids is 1. The fraction of sp³-hybridized carbons (Fsp3) is 0.400. The summed E-state index contributed by atoms with van der Waals surface area (Å²) in [6.07, 6.45) is 3.14. The van der Waals surface area contributed by atoms with E-state index in [1.807, 2.05) is 11.0 Å². The number of likely N-dealkylation sites (tertiary alicyclic amines) is 1. The molecule has 8 nitrogen and oxygen atoms in total. The number of rotatable bonds is 2. The van der Waals surface area contributed by atoms with Crippen molar-refractivity contribution in [2.24, 2.45) is 11.8 Å². The summed E-state index contributed by atoms with van der Waals surface area (Å²) in [4.78, 5) is 34.6. The Morgan fingerprint density at radius 3 is 2.86 bits per heavy atom. The van der Waals surface area contributed by atoms with Gasteiger partial charge < -0.3 is 19.7 Å². The van der Waals surface area contributed by atoms with Crippen LogP contribution in [0.15, 0.2) is 36.9 Å². The van der Waals surface area contributed by atoms with Gasteiger partial charge in [0.15, 0.2) is 11.5 Å². The third-order valence-electron chi connectivity index (χ3n) is 5.99. The first-order valence-corrected chi connectivity index (χ1v) is 9.65. The number of benzene rings is 1. The third kappa shape index (κ3) is 2.88. The van der Waals surface area contributed by atoms with E-state index in [0.29, 0.717) is 12.2 Å². The zero-order chi connectivity index (χ0) is 20.1. The number of carbonyl (C=O) groups is 1. The van der Waals surface area contributed by atoms with Crippen molar-refractivity contribution in [3.63, 3.8) is 0 Å². The Kier molecular flexibility index (Phi) is 4.11. The third-order valence-corrected chi connectivity index (χ3v) is 5.99. The van der Waals surface area contributed by atoms with Crippen LogP contribution in [0, 0.1) is 17.7 Å². The lowest BCUT2D eigenvalue weighted by Crippen LogP contribution is -2.41. The number of nitrogens with zero attached hydrogens (tertiary/aromatic N) is 6. The number of aromatic amines is 1. The van der Waals surface area contributed by atoms with Crippen molar-refractivity contribution in [1.29, 1.82) is 0 Å². The van der Waals surface area contributed by atoms with Gasteiger partial charge in [0.1, 0.15) is 17.7 Å². The molecule has 2 aliphatic heterocycles. The molecule has 9 heteroatoms. The monoisotopic (exact) mass is 395 g/mol. The van der Waals surface area contributed by atoms with Crippen LogP contribution in [0.1, 0.15) is 11.6 Å². The van der Waals surface area contributed by atoms with Crippen molar-refractivity contribution in [3.05, 3.63) is 48.3 Å². The van der Waals surface area contributed by atoms with Crippen LogP contribution in [-0.4, -0.2) is 69.5 Å². The van der Waals surface area contributed by atoms with E-state index in [4.69, 9.17) is 0 Å². The van der Waals surface area contributed by atoms with Crippen molar-refractivity contribution in [2.45, 2.75) is 6.04 Å². The fourth-order valence-electron chi connectivity index (χ4n) is 4.78. The first-order chi connectivity index (χ1) is 14.0. The van der Waals surface area contributed by atoms with Crippen LogP contribution >= 0.6 is 0 Å². The fourth-order valence-corrected chi connectivity index (χ4v) is 4.78. The minimum Gasteiger partial charge on any atom is -0.354 e. The summed E-state index contributed by atoms with van der Waals surface area (Å²) in [6, 6.07) is 6.38. The Balaban J connectivity index is 1.50. The van der Waals surface area contributed by atoms with Crippen LogP contribution in [0.3, 0.4) is 0 Å². The van der Waals surface area contributed by atoms with E-state index in [-0.39, 0.29) is 29.7 Å². The highest BCUT2D eigenvalue weighted by atomic mass is 19.1. The van der Waals surface area contributed by atoms with Crippen LogP contribution in [0.5, 0.6) is 0 Å². The van der Waals surface area contributed by atoms with Crippen molar-refractivity contribution in [1.82, 2.24) is 29.7 Å². The largest absolute Gasteiger partial charge is 0.354 e. The van der Waals surface area contributed by atoms with Gasteiger partial charge in [-0.15, -0.1) is 0 Å². The average molecular weight is 395 g/mol. The molecule has 0 bridgehead atoms. The van der Waals surface area contributed by atoms with Crippen LogP contribution in [-0.2, 0) is 0 Å². The smallest absolute Gasteiger partial charge is 0.320 e. The van der Waals surface area contributed by atoms with Crippen LogP contribution in [0.2, 0.25) is 0 Å². The van der Waals surface area contributed by atoms with Gasteiger partial charge in [-0.3, -0.25) is 0 Å². The molecule has 2 aliphatic rings. The van der Waals surface area contributed by atoms with Gasteiger partial charge >= 0.3 is 6.03 Å². The molecular weight excluding hydrogens is 373 g/mol. The highest BCUT2D eigenvalue weighted by Crippen LogP contribution is 2.46. The van der Waals surface area contributed by atoms with Gasteiger partial charge in [0.05, 0.1) is 12.4 Å². The normalized spacial score (nSPS) is 23.6. The number of imidazole rings is 1. The van der Waals surface area contributed by atoms with Gasteiger partial charge in [0.2, 0.25) is 0 Å². The molecule has 5 rings (SSSR count).